The molecule has 1 N–H and O–H groups in total. The number of fused-ring (bicyclic) bond motifs is 1. The number of hydrogen-bond acceptors (Lipinski definition) is 7. The van der Waals surface area contributed by atoms with Crippen LogP contribution in [-0.4, -0.2) is 48.3 Å². The highest BCUT2D eigenvalue weighted by atomic mass is 19.1. The van der Waals surface area contributed by atoms with Crippen LogP contribution in [-0.2, 0) is 24.3 Å². The molecule has 1 saturated heterocycles. The van der Waals surface area contributed by atoms with E-state index >= 15 is 4.39 Å². The molecule has 1 aliphatic rings. The van der Waals surface area contributed by atoms with Crippen LogP contribution in [0.2, 0.25) is 0 Å². The number of aromatic nitrogens is 5. The predicted molar refractivity (Wildman–Crippen MR) is 146 cm³/mol. The van der Waals surface area contributed by atoms with Crippen molar-refractivity contribution in [3.8, 4) is 17.1 Å². The second-order valence-corrected chi connectivity index (χ2v) is 9.52. The van der Waals surface area contributed by atoms with Gasteiger partial charge in [-0.25, -0.2) is 29.0 Å². The number of imidazole rings is 1. The van der Waals surface area contributed by atoms with E-state index in [0.29, 0.717) is 64.2 Å². The molecule has 6 rings (SSSR count). The van der Waals surface area contributed by atoms with Crippen molar-refractivity contribution in [1.82, 2.24) is 24.5 Å². The van der Waals surface area contributed by atoms with E-state index in [2.05, 4.69) is 24.8 Å². The molecule has 11 heteroatoms. The Morgan fingerprint density at radius 3 is 2.73 bits per heavy atom. The van der Waals surface area contributed by atoms with Gasteiger partial charge in [-0.05, 0) is 42.3 Å². The molecule has 0 bridgehead atoms. The molecule has 41 heavy (non-hydrogen) atoms. The molecular weight excluding hydrogens is 527 g/mol. The molecule has 1 aliphatic heterocycles. The summed E-state index contributed by atoms with van der Waals surface area (Å²) in [6.45, 7) is 8.32. The fourth-order valence-electron chi connectivity index (χ4n) is 4.52. The molecule has 0 amide bonds. The Labute approximate surface area is 233 Å². The van der Waals surface area contributed by atoms with Crippen LogP contribution >= 0.6 is 0 Å². The summed E-state index contributed by atoms with van der Waals surface area (Å²) in [5.74, 6) is -0.609. The maximum Gasteiger partial charge on any atom is 0.354 e. The van der Waals surface area contributed by atoms with Gasteiger partial charge in [0.25, 0.3) is 0 Å². The molecule has 0 aliphatic carbocycles. The summed E-state index contributed by atoms with van der Waals surface area (Å²) in [4.78, 5) is 32.5. The maximum atomic E-state index is 15.4. The van der Waals surface area contributed by atoms with Gasteiger partial charge in [-0.3, -0.25) is 4.98 Å². The monoisotopic (exact) mass is 550 g/mol. The zero-order valence-electron chi connectivity index (χ0n) is 21.7. The zero-order valence-corrected chi connectivity index (χ0v) is 21.7. The average molecular weight is 551 g/mol. The van der Waals surface area contributed by atoms with Crippen molar-refractivity contribution < 1.29 is 23.8 Å². The average Bonchev–Trinajstić information content (AvgIpc) is 3.31. The van der Waals surface area contributed by atoms with Crippen molar-refractivity contribution >= 4 is 22.8 Å². The summed E-state index contributed by atoms with van der Waals surface area (Å²) in [7, 11) is 0. The molecule has 5 heterocycles. The number of ether oxygens (including phenoxy) is 2. The third kappa shape index (κ3) is 5.59. The first-order chi connectivity index (χ1) is 20.0. The molecule has 0 saturated carbocycles. The summed E-state index contributed by atoms with van der Waals surface area (Å²) in [6, 6.07) is 16.6. The van der Waals surface area contributed by atoms with E-state index in [4.69, 9.17) is 16.0 Å². The lowest BCUT2D eigenvalue weighted by molar-refractivity contribution is -0.0590. The lowest BCUT2D eigenvalue weighted by Crippen LogP contribution is -2.32. The van der Waals surface area contributed by atoms with Crippen LogP contribution in [0.15, 0.2) is 66.9 Å². The Morgan fingerprint density at radius 1 is 1.15 bits per heavy atom. The van der Waals surface area contributed by atoms with E-state index in [0.717, 1.165) is 6.42 Å². The number of carbonyl (C=O) groups is 1. The normalized spacial score (nSPS) is 14.4. The van der Waals surface area contributed by atoms with Gasteiger partial charge < -0.3 is 19.1 Å². The first-order valence-corrected chi connectivity index (χ1v) is 12.9. The number of pyridine rings is 3. The molecule has 1 atom stereocenters. The first-order valence-electron chi connectivity index (χ1n) is 12.9. The third-order valence-electron chi connectivity index (χ3n) is 6.80. The number of carboxylic acid groups (broad SMARTS) is 1. The van der Waals surface area contributed by atoms with E-state index in [1.807, 2.05) is 4.57 Å². The van der Waals surface area contributed by atoms with Crippen molar-refractivity contribution in [3.05, 3.63) is 107 Å². The highest BCUT2D eigenvalue weighted by molar-refractivity contribution is 5.88. The largest absolute Gasteiger partial charge is 0.477 e. The molecular formula is C30H23FN6O4. The minimum atomic E-state index is -1.13. The van der Waals surface area contributed by atoms with Gasteiger partial charge in [-0.2, -0.15) is 0 Å². The SMILES string of the molecule is [C-]#[N+]c1ccc(COc2cccc(-c3ccc(Cc4nc5ccc(C(=O)O)nc5n4C[C@@H]4CCO4)c(F)c3)n2)nc1. The van der Waals surface area contributed by atoms with E-state index in [-0.39, 0.29) is 24.8 Å². The van der Waals surface area contributed by atoms with Crippen LogP contribution < -0.4 is 4.74 Å². The molecule has 4 aromatic heterocycles. The van der Waals surface area contributed by atoms with Gasteiger partial charge in [0, 0.05) is 30.9 Å². The van der Waals surface area contributed by atoms with Crippen LogP contribution in [0.25, 0.3) is 27.3 Å². The topological polar surface area (TPSA) is 117 Å². The minimum absolute atomic E-state index is 0.0249. The van der Waals surface area contributed by atoms with Gasteiger partial charge in [-0.15, -0.1) is 0 Å². The maximum absolute atomic E-state index is 15.4. The number of rotatable bonds is 9. The van der Waals surface area contributed by atoms with Gasteiger partial charge in [0.1, 0.15) is 23.8 Å². The molecule has 0 radical (unpaired) electrons. The van der Waals surface area contributed by atoms with E-state index in [9.17, 15) is 9.90 Å². The van der Waals surface area contributed by atoms with E-state index < -0.39 is 11.8 Å². The van der Waals surface area contributed by atoms with Crippen LogP contribution in [0.5, 0.6) is 5.88 Å². The number of halogens is 1. The minimum Gasteiger partial charge on any atom is -0.477 e. The van der Waals surface area contributed by atoms with Crippen molar-refractivity contribution in [3.63, 3.8) is 0 Å². The third-order valence-corrected chi connectivity index (χ3v) is 6.80. The molecule has 1 aromatic carbocycles. The summed E-state index contributed by atoms with van der Waals surface area (Å²) >= 11 is 0. The fraction of sp³-hybridized carbons (Fsp3) is 0.200. The fourth-order valence-corrected chi connectivity index (χ4v) is 4.52. The van der Waals surface area contributed by atoms with Crippen LogP contribution in [0, 0.1) is 12.4 Å². The number of carboxylic acids is 1. The quantitative estimate of drug-likeness (QED) is 0.248. The Balaban J connectivity index is 1.22. The molecule has 10 nitrogen and oxygen atoms in total. The van der Waals surface area contributed by atoms with Crippen molar-refractivity contribution in [2.24, 2.45) is 0 Å². The van der Waals surface area contributed by atoms with E-state index in [1.165, 1.54) is 18.3 Å². The number of benzene rings is 1. The van der Waals surface area contributed by atoms with Gasteiger partial charge in [-0.1, -0.05) is 24.3 Å². The van der Waals surface area contributed by atoms with Crippen LogP contribution in [0.3, 0.4) is 0 Å². The first kappa shape index (κ1) is 26.0. The van der Waals surface area contributed by atoms with Gasteiger partial charge >= 0.3 is 5.97 Å². The van der Waals surface area contributed by atoms with Gasteiger partial charge in [0.05, 0.1) is 30.6 Å². The lowest BCUT2D eigenvalue weighted by atomic mass is 10.1. The van der Waals surface area contributed by atoms with E-state index in [1.54, 1.807) is 48.5 Å². The standard InChI is InChI=1S/C30H23FN6O4/c1-32-20-7-8-21(33-15-20)17-41-28-4-2-3-24(35-28)19-6-5-18(23(31)13-19)14-27-34-25-9-10-26(30(38)39)36-29(25)37(27)16-22-11-12-40-22/h2-10,13,15,22H,11-12,14,16-17H2,(H,38,39)/t22-/m0/s1. The summed E-state index contributed by atoms with van der Waals surface area (Å²) in [6.07, 6.45) is 2.53. The van der Waals surface area contributed by atoms with Crippen LogP contribution in [0.4, 0.5) is 10.1 Å². The number of hydrogen-bond donors (Lipinski definition) is 1. The van der Waals surface area contributed by atoms with Crippen molar-refractivity contribution in [2.45, 2.75) is 32.1 Å². The van der Waals surface area contributed by atoms with Crippen molar-refractivity contribution in [1.29, 1.82) is 0 Å². The second-order valence-electron chi connectivity index (χ2n) is 9.52. The summed E-state index contributed by atoms with van der Waals surface area (Å²) < 4.78 is 28.6. The number of nitrogens with zero attached hydrogens (tertiary/aromatic N) is 6. The Kier molecular flexibility index (Phi) is 7.06. The molecule has 0 spiro atoms. The molecule has 204 valence electrons. The van der Waals surface area contributed by atoms with Crippen LogP contribution in [0.1, 0.15) is 34.0 Å². The second kappa shape index (κ2) is 11.1. The number of aromatic carboxylic acids is 1. The summed E-state index contributed by atoms with van der Waals surface area (Å²) in [5.41, 5.74) is 3.57. The lowest BCUT2D eigenvalue weighted by Gasteiger charge is -2.27. The Hall–Kier alpha value is -5.21. The summed E-state index contributed by atoms with van der Waals surface area (Å²) in [5, 5.41) is 9.40. The highest BCUT2D eigenvalue weighted by Gasteiger charge is 2.23. The van der Waals surface area contributed by atoms with Gasteiger partial charge in [0.2, 0.25) is 11.6 Å². The predicted octanol–water partition coefficient (Wildman–Crippen LogP) is 5.24. The Morgan fingerprint density at radius 2 is 2.02 bits per heavy atom. The Bertz CT molecular complexity index is 1790. The molecule has 1 fully saturated rings. The highest BCUT2D eigenvalue weighted by Crippen LogP contribution is 2.26. The van der Waals surface area contributed by atoms with Crippen molar-refractivity contribution in [2.75, 3.05) is 6.61 Å². The smallest absolute Gasteiger partial charge is 0.354 e. The molecule has 5 aromatic rings. The zero-order chi connectivity index (χ0) is 28.3. The van der Waals surface area contributed by atoms with Gasteiger partial charge in [0.15, 0.2) is 11.3 Å². The molecule has 0 unspecified atom stereocenters.